The third kappa shape index (κ3) is 3.33. The molecular formula is C19H23NO. The number of aryl methyl sites for hydroxylation is 1. The molecule has 0 aliphatic carbocycles. The van der Waals surface area contributed by atoms with E-state index in [0.717, 1.165) is 36.2 Å². The molecule has 21 heavy (non-hydrogen) atoms. The molecule has 0 aliphatic rings. The van der Waals surface area contributed by atoms with E-state index in [-0.39, 0.29) is 5.91 Å². The van der Waals surface area contributed by atoms with Gasteiger partial charge in [-0.1, -0.05) is 49.4 Å². The van der Waals surface area contributed by atoms with Gasteiger partial charge in [0.05, 0.1) is 0 Å². The Labute approximate surface area is 127 Å². The second-order valence-electron chi connectivity index (χ2n) is 5.08. The van der Waals surface area contributed by atoms with Crippen LogP contribution in [0.15, 0.2) is 48.5 Å². The molecule has 0 bridgehead atoms. The number of hydrogen-bond acceptors (Lipinski definition) is 1. The zero-order valence-electron chi connectivity index (χ0n) is 13.1. The number of carbonyl (C=O) groups is 1. The summed E-state index contributed by atoms with van der Waals surface area (Å²) >= 11 is 0. The summed E-state index contributed by atoms with van der Waals surface area (Å²) in [5, 5.41) is 0. The molecule has 0 radical (unpaired) electrons. The van der Waals surface area contributed by atoms with Gasteiger partial charge in [0, 0.05) is 18.7 Å². The summed E-state index contributed by atoms with van der Waals surface area (Å²) < 4.78 is 0. The summed E-state index contributed by atoms with van der Waals surface area (Å²) in [5.41, 5.74) is 4.21. The molecule has 0 aliphatic heterocycles. The standard InChI is InChI=1S/C19H23NO/c1-4-15-10-9-11-16(14-15)17-12-7-8-13-18(17)19(21)20(5-2)6-3/h7-14H,4-6H2,1-3H3. The normalized spacial score (nSPS) is 10.4. The molecular weight excluding hydrogens is 258 g/mol. The van der Waals surface area contributed by atoms with Crippen molar-refractivity contribution in [2.45, 2.75) is 27.2 Å². The average molecular weight is 281 g/mol. The summed E-state index contributed by atoms with van der Waals surface area (Å²) in [6, 6.07) is 16.3. The number of hydrogen-bond donors (Lipinski definition) is 0. The van der Waals surface area contributed by atoms with Crippen molar-refractivity contribution in [3.63, 3.8) is 0 Å². The van der Waals surface area contributed by atoms with Gasteiger partial charge in [-0.2, -0.15) is 0 Å². The summed E-state index contributed by atoms with van der Waals surface area (Å²) in [6.07, 6.45) is 1.000. The van der Waals surface area contributed by atoms with E-state index in [0.29, 0.717) is 0 Å². The van der Waals surface area contributed by atoms with E-state index < -0.39 is 0 Å². The number of amides is 1. The average Bonchev–Trinajstić information content (AvgIpc) is 2.56. The van der Waals surface area contributed by atoms with Crippen LogP contribution in [0, 0.1) is 0 Å². The van der Waals surface area contributed by atoms with Crippen LogP contribution in [0.25, 0.3) is 11.1 Å². The molecule has 0 spiro atoms. The molecule has 0 heterocycles. The second kappa shape index (κ2) is 7.07. The third-order valence-electron chi connectivity index (χ3n) is 3.85. The van der Waals surface area contributed by atoms with Crippen LogP contribution >= 0.6 is 0 Å². The van der Waals surface area contributed by atoms with Crippen LogP contribution in [0.2, 0.25) is 0 Å². The lowest BCUT2D eigenvalue weighted by Crippen LogP contribution is -2.30. The first-order valence-electron chi connectivity index (χ1n) is 7.68. The Morgan fingerprint density at radius 2 is 1.67 bits per heavy atom. The highest BCUT2D eigenvalue weighted by Crippen LogP contribution is 2.25. The first-order valence-corrected chi connectivity index (χ1v) is 7.68. The molecule has 0 unspecified atom stereocenters. The Bertz CT molecular complexity index is 614. The lowest BCUT2D eigenvalue weighted by Gasteiger charge is -2.20. The summed E-state index contributed by atoms with van der Waals surface area (Å²) in [5.74, 6) is 0.109. The largest absolute Gasteiger partial charge is 0.339 e. The Hall–Kier alpha value is -2.09. The molecule has 0 aromatic heterocycles. The molecule has 0 atom stereocenters. The first kappa shape index (κ1) is 15.3. The van der Waals surface area contributed by atoms with E-state index in [4.69, 9.17) is 0 Å². The maximum absolute atomic E-state index is 12.7. The SMILES string of the molecule is CCc1cccc(-c2ccccc2C(=O)N(CC)CC)c1. The number of nitrogens with zero attached hydrogens (tertiary/aromatic N) is 1. The minimum Gasteiger partial charge on any atom is -0.339 e. The first-order chi connectivity index (χ1) is 10.2. The lowest BCUT2D eigenvalue weighted by molar-refractivity contribution is 0.0774. The lowest BCUT2D eigenvalue weighted by atomic mass is 9.97. The van der Waals surface area contributed by atoms with Crippen molar-refractivity contribution in [2.24, 2.45) is 0 Å². The predicted molar refractivity (Wildman–Crippen MR) is 88.5 cm³/mol. The predicted octanol–water partition coefficient (Wildman–Crippen LogP) is 4.40. The molecule has 0 saturated heterocycles. The van der Waals surface area contributed by atoms with Crippen molar-refractivity contribution < 1.29 is 4.79 Å². The van der Waals surface area contributed by atoms with Crippen molar-refractivity contribution in [3.8, 4) is 11.1 Å². The van der Waals surface area contributed by atoms with Crippen LogP contribution < -0.4 is 0 Å². The van der Waals surface area contributed by atoms with E-state index in [1.165, 1.54) is 5.56 Å². The van der Waals surface area contributed by atoms with Gasteiger partial charge in [0.1, 0.15) is 0 Å². The van der Waals surface area contributed by atoms with Gasteiger partial charge >= 0.3 is 0 Å². The Kier molecular flexibility index (Phi) is 5.15. The molecule has 2 aromatic carbocycles. The highest BCUT2D eigenvalue weighted by Gasteiger charge is 2.16. The number of rotatable bonds is 5. The van der Waals surface area contributed by atoms with Crippen LogP contribution in [0.5, 0.6) is 0 Å². The van der Waals surface area contributed by atoms with E-state index >= 15 is 0 Å². The van der Waals surface area contributed by atoms with E-state index in [1.54, 1.807) is 0 Å². The van der Waals surface area contributed by atoms with Gasteiger partial charge in [0.15, 0.2) is 0 Å². The number of benzene rings is 2. The Morgan fingerprint density at radius 3 is 2.33 bits per heavy atom. The van der Waals surface area contributed by atoms with E-state index in [2.05, 4.69) is 31.2 Å². The van der Waals surface area contributed by atoms with Gasteiger partial charge in [-0.15, -0.1) is 0 Å². The minimum absolute atomic E-state index is 0.109. The molecule has 2 rings (SSSR count). The molecule has 2 nitrogen and oxygen atoms in total. The van der Waals surface area contributed by atoms with Gasteiger partial charge in [-0.05, 0) is 43.0 Å². The zero-order chi connectivity index (χ0) is 15.2. The van der Waals surface area contributed by atoms with Gasteiger partial charge in [-0.3, -0.25) is 4.79 Å². The fourth-order valence-electron chi connectivity index (χ4n) is 2.56. The van der Waals surface area contributed by atoms with Crippen LogP contribution in [0.1, 0.15) is 36.7 Å². The smallest absolute Gasteiger partial charge is 0.254 e. The van der Waals surface area contributed by atoms with Crippen molar-refractivity contribution in [3.05, 3.63) is 59.7 Å². The molecule has 110 valence electrons. The van der Waals surface area contributed by atoms with Gasteiger partial charge < -0.3 is 4.90 Å². The van der Waals surface area contributed by atoms with Crippen molar-refractivity contribution in [2.75, 3.05) is 13.1 Å². The molecule has 0 N–H and O–H groups in total. The van der Waals surface area contributed by atoms with Crippen molar-refractivity contribution in [1.82, 2.24) is 4.90 Å². The van der Waals surface area contributed by atoms with Gasteiger partial charge in [-0.25, -0.2) is 0 Å². The van der Waals surface area contributed by atoms with Crippen LogP contribution in [0.3, 0.4) is 0 Å². The molecule has 1 amide bonds. The topological polar surface area (TPSA) is 20.3 Å². The third-order valence-corrected chi connectivity index (χ3v) is 3.85. The fourth-order valence-corrected chi connectivity index (χ4v) is 2.56. The summed E-state index contributed by atoms with van der Waals surface area (Å²) in [7, 11) is 0. The highest BCUT2D eigenvalue weighted by molar-refractivity contribution is 6.00. The molecule has 0 saturated carbocycles. The highest BCUT2D eigenvalue weighted by atomic mass is 16.2. The van der Waals surface area contributed by atoms with E-state index in [1.807, 2.05) is 43.0 Å². The van der Waals surface area contributed by atoms with Crippen LogP contribution in [-0.2, 0) is 6.42 Å². The fraction of sp³-hybridized carbons (Fsp3) is 0.316. The zero-order valence-corrected chi connectivity index (χ0v) is 13.1. The van der Waals surface area contributed by atoms with Crippen LogP contribution in [-0.4, -0.2) is 23.9 Å². The molecule has 0 fully saturated rings. The van der Waals surface area contributed by atoms with Crippen molar-refractivity contribution in [1.29, 1.82) is 0 Å². The maximum Gasteiger partial charge on any atom is 0.254 e. The van der Waals surface area contributed by atoms with Crippen molar-refractivity contribution >= 4 is 5.91 Å². The Morgan fingerprint density at radius 1 is 0.952 bits per heavy atom. The Balaban J connectivity index is 2.47. The van der Waals surface area contributed by atoms with E-state index in [9.17, 15) is 4.79 Å². The quantitative estimate of drug-likeness (QED) is 0.795. The monoisotopic (exact) mass is 281 g/mol. The van der Waals surface area contributed by atoms with Gasteiger partial charge in [0.2, 0.25) is 0 Å². The minimum atomic E-state index is 0.109. The molecule has 2 heteroatoms. The second-order valence-corrected chi connectivity index (χ2v) is 5.08. The van der Waals surface area contributed by atoms with Crippen LogP contribution in [0.4, 0.5) is 0 Å². The van der Waals surface area contributed by atoms with Gasteiger partial charge in [0.25, 0.3) is 5.91 Å². The number of carbonyl (C=O) groups excluding carboxylic acids is 1. The molecule has 2 aromatic rings. The summed E-state index contributed by atoms with van der Waals surface area (Å²) in [4.78, 5) is 14.5. The maximum atomic E-state index is 12.7. The summed E-state index contributed by atoms with van der Waals surface area (Å²) in [6.45, 7) is 7.65.